The molecule has 0 fully saturated rings. The third kappa shape index (κ3) is 5.68. The molecule has 0 saturated heterocycles. The summed E-state index contributed by atoms with van der Waals surface area (Å²) >= 11 is 0. The van der Waals surface area contributed by atoms with Crippen molar-refractivity contribution in [3.8, 4) is 5.75 Å². The fourth-order valence-electron chi connectivity index (χ4n) is 3.05. The van der Waals surface area contributed by atoms with Gasteiger partial charge in [-0.15, -0.1) is 0 Å². The van der Waals surface area contributed by atoms with Gasteiger partial charge in [0.25, 0.3) is 0 Å². The number of nitrogens with zero attached hydrogens (tertiary/aromatic N) is 1. The molecular formula is C24H24N2O4. The monoisotopic (exact) mass is 404 g/mol. The van der Waals surface area contributed by atoms with Gasteiger partial charge in [-0.2, -0.15) is 0 Å². The summed E-state index contributed by atoms with van der Waals surface area (Å²) in [5, 5.41) is 13.0. The Bertz CT molecular complexity index is 1000. The van der Waals surface area contributed by atoms with Crippen molar-refractivity contribution in [2.24, 2.45) is 10.9 Å². The molecule has 154 valence electrons. The van der Waals surface area contributed by atoms with E-state index in [1.807, 2.05) is 54.6 Å². The van der Waals surface area contributed by atoms with Crippen LogP contribution in [-0.2, 0) is 16.2 Å². The third-order valence-electron chi connectivity index (χ3n) is 4.54. The van der Waals surface area contributed by atoms with E-state index in [9.17, 15) is 4.79 Å². The SMILES string of the molecule is CO/N=C(/c1ccccc1)c1cccc(COc2ccc(C(N)CC(=O)O)cc2)c1. The molecule has 0 aliphatic rings. The second-order valence-electron chi connectivity index (χ2n) is 6.75. The number of carbonyl (C=O) groups is 1. The van der Waals surface area contributed by atoms with E-state index in [0.29, 0.717) is 12.4 Å². The fraction of sp³-hybridized carbons (Fsp3) is 0.167. The Morgan fingerprint density at radius 3 is 2.37 bits per heavy atom. The van der Waals surface area contributed by atoms with Gasteiger partial charge < -0.3 is 20.4 Å². The van der Waals surface area contributed by atoms with Gasteiger partial charge in [-0.1, -0.05) is 65.8 Å². The summed E-state index contributed by atoms with van der Waals surface area (Å²) in [5.41, 5.74) is 10.3. The van der Waals surface area contributed by atoms with Crippen molar-refractivity contribution in [1.82, 2.24) is 0 Å². The number of oxime groups is 1. The molecule has 3 aromatic carbocycles. The molecule has 0 bridgehead atoms. The summed E-state index contributed by atoms with van der Waals surface area (Å²) in [6.45, 7) is 0.378. The zero-order valence-electron chi connectivity index (χ0n) is 16.7. The summed E-state index contributed by atoms with van der Waals surface area (Å²) in [6, 6.07) is 24.4. The van der Waals surface area contributed by atoms with E-state index < -0.39 is 12.0 Å². The lowest BCUT2D eigenvalue weighted by Gasteiger charge is -2.12. The molecule has 3 rings (SSSR count). The molecule has 0 aliphatic heterocycles. The van der Waals surface area contributed by atoms with Crippen LogP contribution in [0.15, 0.2) is 84.0 Å². The van der Waals surface area contributed by atoms with E-state index in [0.717, 1.165) is 28.0 Å². The van der Waals surface area contributed by atoms with Crippen LogP contribution >= 0.6 is 0 Å². The van der Waals surface area contributed by atoms with Gasteiger partial charge in [0, 0.05) is 17.2 Å². The Hall–Kier alpha value is -3.64. The predicted octanol–water partition coefficient (Wildman–Crippen LogP) is 4.14. The molecule has 0 saturated carbocycles. The molecule has 30 heavy (non-hydrogen) atoms. The van der Waals surface area contributed by atoms with E-state index in [4.69, 9.17) is 20.4 Å². The van der Waals surface area contributed by atoms with Crippen molar-refractivity contribution in [1.29, 1.82) is 0 Å². The molecule has 0 spiro atoms. The maximum absolute atomic E-state index is 10.8. The smallest absolute Gasteiger partial charge is 0.305 e. The molecule has 6 nitrogen and oxygen atoms in total. The van der Waals surface area contributed by atoms with Crippen LogP contribution in [0.3, 0.4) is 0 Å². The molecule has 0 aromatic heterocycles. The number of carboxylic acid groups (broad SMARTS) is 1. The number of hydrogen-bond donors (Lipinski definition) is 2. The number of ether oxygens (including phenoxy) is 1. The highest BCUT2D eigenvalue weighted by atomic mass is 16.6. The minimum absolute atomic E-state index is 0.111. The van der Waals surface area contributed by atoms with Crippen LogP contribution in [0.1, 0.15) is 34.7 Å². The minimum atomic E-state index is -0.922. The first-order chi connectivity index (χ1) is 14.6. The largest absolute Gasteiger partial charge is 0.489 e. The highest BCUT2D eigenvalue weighted by molar-refractivity contribution is 6.12. The minimum Gasteiger partial charge on any atom is -0.489 e. The zero-order valence-corrected chi connectivity index (χ0v) is 16.7. The highest BCUT2D eigenvalue weighted by Gasteiger charge is 2.11. The number of nitrogens with two attached hydrogens (primary N) is 1. The Labute approximate surface area is 175 Å². The molecule has 3 aromatic rings. The Morgan fingerprint density at radius 2 is 1.70 bits per heavy atom. The summed E-state index contributed by atoms with van der Waals surface area (Å²) in [6.07, 6.45) is -0.111. The van der Waals surface area contributed by atoms with E-state index in [1.54, 1.807) is 24.3 Å². The molecule has 6 heteroatoms. The van der Waals surface area contributed by atoms with E-state index >= 15 is 0 Å². The molecular weight excluding hydrogens is 380 g/mol. The lowest BCUT2D eigenvalue weighted by atomic mass is 10.0. The van der Waals surface area contributed by atoms with Gasteiger partial charge in [0.1, 0.15) is 25.2 Å². The number of hydrogen-bond acceptors (Lipinski definition) is 5. The topological polar surface area (TPSA) is 94.1 Å². The molecule has 1 unspecified atom stereocenters. The van der Waals surface area contributed by atoms with Crippen LogP contribution in [-0.4, -0.2) is 23.9 Å². The second-order valence-corrected chi connectivity index (χ2v) is 6.75. The predicted molar refractivity (Wildman–Crippen MR) is 115 cm³/mol. The quantitative estimate of drug-likeness (QED) is 0.413. The summed E-state index contributed by atoms with van der Waals surface area (Å²) in [7, 11) is 1.53. The van der Waals surface area contributed by atoms with Gasteiger partial charge in [-0.3, -0.25) is 4.79 Å². The molecule has 0 amide bonds. The standard InChI is InChI=1S/C24H24N2O4/c1-29-26-24(19-7-3-2-4-8-19)20-9-5-6-17(14-20)16-30-21-12-10-18(11-13-21)22(25)15-23(27)28/h2-14,22H,15-16,25H2,1H3,(H,27,28)/b26-24-. The number of aliphatic carboxylic acids is 1. The average molecular weight is 404 g/mol. The summed E-state index contributed by atoms with van der Waals surface area (Å²) in [4.78, 5) is 15.8. The van der Waals surface area contributed by atoms with Crippen LogP contribution in [0.2, 0.25) is 0 Å². The van der Waals surface area contributed by atoms with Crippen LogP contribution in [0, 0.1) is 0 Å². The van der Waals surface area contributed by atoms with Gasteiger partial charge in [0.2, 0.25) is 0 Å². The molecule has 0 aliphatic carbocycles. The van der Waals surface area contributed by atoms with Crippen molar-refractivity contribution in [2.75, 3.05) is 7.11 Å². The lowest BCUT2D eigenvalue weighted by Crippen LogP contribution is -2.14. The van der Waals surface area contributed by atoms with Gasteiger partial charge in [-0.05, 0) is 29.3 Å². The Morgan fingerprint density at radius 1 is 1.00 bits per heavy atom. The maximum atomic E-state index is 10.8. The van der Waals surface area contributed by atoms with Crippen molar-refractivity contribution in [2.45, 2.75) is 19.1 Å². The van der Waals surface area contributed by atoms with Crippen LogP contribution in [0.4, 0.5) is 0 Å². The van der Waals surface area contributed by atoms with Gasteiger partial charge in [0.15, 0.2) is 0 Å². The third-order valence-corrected chi connectivity index (χ3v) is 4.54. The molecule has 0 heterocycles. The molecule has 1 atom stereocenters. The van der Waals surface area contributed by atoms with Gasteiger partial charge >= 0.3 is 5.97 Å². The highest BCUT2D eigenvalue weighted by Crippen LogP contribution is 2.20. The number of benzene rings is 3. The lowest BCUT2D eigenvalue weighted by molar-refractivity contribution is -0.137. The second kappa shape index (κ2) is 10.2. The first-order valence-electron chi connectivity index (χ1n) is 9.53. The number of carboxylic acids is 1. The Balaban J connectivity index is 1.70. The molecule has 3 N–H and O–H groups in total. The fourth-order valence-corrected chi connectivity index (χ4v) is 3.05. The van der Waals surface area contributed by atoms with Gasteiger partial charge in [0.05, 0.1) is 6.42 Å². The normalized spacial score (nSPS) is 12.3. The van der Waals surface area contributed by atoms with E-state index in [2.05, 4.69) is 5.16 Å². The maximum Gasteiger partial charge on any atom is 0.305 e. The van der Waals surface area contributed by atoms with Crippen molar-refractivity contribution >= 4 is 11.7 Å². The number of rotatable bonds is 9. The van der Waals surface area contributed by atoms with E-state index in [1.165, 1.54) is 7.11 Å². The van der Waals surface area contributed by atoms with Crippen molar-refractivity contribution in [3.63, 3.8) is 0 Å². The van der Waals surface area contributed by atoms with Crippen LogP contribution in [0.25, 0.3) is 0 Å². The zero-order chi connectivity index (χ0) is 21.3. The first-order valence-corrected chi connectivity index (χ1v) is 9.53. The average Bonchev–Trinajstić information content (AvgIpc) is 2.77. The Kier molecular flexibility index (Phi) is 7.19. The van der Waals surface area contributed by atoms with Crippen molar-refractivity contribution in [3.05, 3.63) is 101 Å². The molecule has 0 radical (unpaired) electrons. The van der Waals surface area contributed by atoms with Crippen LogP contribution in [0.5, 0.6) is 5.75 Å². The van der Waals surface area contributed by atoms with Crippen molar-refractivity contribution < 1.29 is 19.5 Å². The van der Waals surface area contributed by atoms with Gasteiger partial charge in [-0.25, -0.2) is 0 Å². The van der Waals surface area contributed by atoms with E-state index in [-0.39, 0.29) is 6.42 Å². The first kappa shape index (κ1) is 21.1. The summed E-state index contributed by atoms with van der Waals surface area (Å²) in [5.74, 6) is -0.241. The summed E-state index contributed by atoms with van der Waals surface area (Å²) < 4.78 is 5.88. The van der Waals surface area contributed by atoms with Crippen LogP contribution < -0.4 is 10.5 Å².